The monoisotopic (exact) mass is 175 g/mol. The molecule has 0 aromatic heterocycles. The van der Waals surface area contributed by atoms with E-state index in [1.807, 2.05) is 0 Å². The number of rotatable bonds is 1. The molecule has 1 nitrogen and oxygen atoms in total. The highest BCUT2D eigenvalue weighted by molar-refractivity contribution is 5.26. The SMILES string of the molecule is Cc1cccc([C@H]2NCC[C@H]2C)c1. The molecular weight excluding hydrogens is 158 g/mol. The van der Waals surface area contributed by atoms with Crippen LogP contribution in [0.5, 0.6) is 0 Å². The quantitative estimate of drug-likeness (QED) is 0.692. The maximum Gasteiger partial charge on any atom is 0.0346 e. The van der Waals surface area contributed by atoms with Crippen molar-refractivity contribution in [2.75, 3.05) is 6.54 Å². The maximum atomic E-state index is 3.55. The summed E-state index contributed by atoms with van der Waals surface area (Å²) in [6.07, 6.45) is 1.30. The van der Waals surface area contributed by atoms with E-state index in [1.165, 1.54) is 24.1 Å². The van der Waals surface area contributed by atoms with Crippen LogP contribution in [0.3, 0.4) is 0 Å². The molecule has 1 saturated heterocycles. The molecule has 1 aromatic carbocycles. The summed E-state index contributed by atoms with van der Waals surface area (Å²) in [6, 6.07) is 9.41. The van der Waals surface area contributed by atoms with Crippen LogP contribution in [0.25, 0.3) is 0 Å². The van der Waals surface area contributed by atoms with Gasteiger partial charge in [0.15, 0.2) is 0 Å². The van der Waals surface area contributed by atoms with Gasteiger partial charge in [-0.25, -0.2) is 0 Å². The van der Waals surface area contributed by atoms with E-state index in [1.54, 1.807) is 0 Å². The number of hydrogen-bond donors (Lipinski definition) is 1. The second kappa shape index (κ2) is 3.51. The summed E-state index contributed by atoms with van der Waals surface area (Å²) in [4.78, 5) is 0. The third kappa shape index (κ3) is 1.75. The summed E-state index contributed by atoms with van der Waals surface area (Å²) >= 11 is 0. The lowest BCUT2D eigenvalue weighted by atomic mass is 9.95. The van der Waals surface area contributed by atoms with Crippen LogP contribution >= 0.6 is 0 Å². The van der Waals surface area contributed by atoms with Gasteiger partial charge in [0.05, 0.1) is 0 Å². The van der Waals surface area contributed by atoms with Gasteiger partial charge >= 0.3 is 0 Å². The Morgan fingerprint density at radius 3 is 2.85 bits per heavy atom. The fourth-order valence-electron chi connectivity index (χ4n) is 2.14. The van der Waals surface area contributed by atoms with E-state index in [0.717, 1.165) is 5.92 Å². The first-order valence-electron chi connectivity index (χ1n) is 5.07. The lowest BCUT2D eigenvalue weighted by Crippen LogP contribution is -2.16. The molecule has 1 aliphatic heterocycles. The van der Waals surface area contributed by atoms with Gasteiger partial charge in [-0.1, -0.05) is 36.8 Å². The molecule has 1 aliphatic rings. The van der Waals surface area contributed by atoms with Crippen LogP contribution in [0.2, 0.25) is 0 Å². The van der Waals surface area contributed by atoms with Gasteiger partial charge in [-0.15, -0.1) is 0 Å². The van der Waals surface area contributed by atoms with Gasteiger partial charge in [0.25, 0.3) is 0 Å². The molecule has 70 valence electrons. The molecule has 2 atom stereocenters. The average Bonchev–Trinajstić information content (AvgIpc) is 2.51. The van der Waals surface area contributed by atoms with E-state index in [9.17, 15) is 0 Å². The summed E-state index contributed by atoms with van der Waals surface area (Å²) < 4.78 is 0. The zero-order valence-corrected chi connectivity index (χ0v) is 8.38. The van der Waals surface area contributed by atoms with Gasteiger partial charge in [0.2, 0.25) is 0 Å². The minimum absolute atomic E-state index is 0.583. The Morgan fingerprint density at radius 1 is 1.38 bits per heavy atom. The van der Waals surface area contributed by atoms with Crippen LogP contribution < -0.4 is 5.32 Å². The second-order valence-electron chi connectivity index (χ2n) is 4.11. The minimum Gasteiger partial charge on any atom is -0.310 e. The maximum absolute atomic E-state index is 3.55. The molecule has 0 aliphatic carbocycles. The number of aryl methyl sites for hydroxylation is 1. The van der Waals surface area contributed by atoms with Gasteiger partial charge < -0.3 is 5.32 Å². The topological polar surface area (TPSA) is 12.0 Å². The molecule has 0 spiro atoms. The first kappa shape index (κ1) is 8.76. The summed E-state index contributed by atoms with van der Waals surface area (Å²) in [5.41, 5.74) is 2.81. The second-order valence-corrected chi connectivity index (χ2v) is 4.11. The first-order valence-corrected chi connectivity index (χ1v) is 5.07. The van der Waals surface area contributed by atoms with Gasteiger partial charge in [0, 0.05) is 6.04 Å². The predicted octanol–water partition coefficient (Wildman–Crippen LogP) is 2.67. The normalized spacial score (nSPS) is 27.8. The van der Waals surface area contributed by atoms with Crippen molar-refractivity contribution in [3.63, 3.8) is 0 Å². The van der Waals surface area contributed by atoms with Crippen molar-refractivity contribution in [1.82, 2.24) is 5.32 Å². The summed E-state index contributed by atoms with van der Waals surface area (Å²) in [5.74, 6) is 0.779. The Morgan fingerprint density at radius 2 is 2.23 bits per heavy atom. The minimum atomic E-state index is 0.583. The largest absolute Gasteiger partial charge is 0.310 e. The Bertz CT molecular complexity index is 293. The van der Waals surface area contributed by atoms with Gasteiger partial charge in [0.1, 0.15) is 0 Å². The van der Waals surface area contributed by atoms with Crippen LogP contribution in [-0.4, -0.2) is 6.54 Å². The number of benzene rings is 1. The van der Waals surface area contributed by atoms with Crippen LogP contribution in [0, 0.1) is 12.8 Å². The molecule has 13 heavy (non-hydrogen) atoms. The molecular formula is C12H17N. The Labute approximate surface area is 80.2 Å². The Hall–Kier alpha value is -0.820. The summed E-state index contributed by atoms with van der Waals surface area (Å²) in [6.45, 7) is 5.65. The molecule has 1 heterocycles. The molecule has 1 N–H and O–H groups in total. The molecule has 0 saturated carbocycles. The standard InChI is InChI=1S/C12H17N/c1-9-4-3-5-11(8-9)12-10(2)6-7-13-12/h3-5,8,10,12-13H,6-7H2,1-2H3/t10-,12+/m1/s1. The molecule has 2 rings (SSSR count). The number of nitrogens with one attached hydrogen (secondary N) is 1. The van der Waals surface area contributed by atoms with Crippen molar-refractivity contribution in [2.45, 2.75) is 26.3 Å². The summed E-state index contributed by atoms with van der Waals surface area (Å²) in [7, 11) is 0. The van der Waals surface area contributed by atoms with E-state index in [-0.39, 0.29) is 0 Å². The lowest BCUT2D eigenvalue weighted by Gasteiger charge is -2.16. The smallest absolute Gasteiger partial charge is 0.0346 e. The van der Waals surface area contributed by atoms with E-state index >= 15 is 0 Å². The van der Waals surface area contributed by atoms with Crippen molar-refractivity contribution < 1.29 is 0 Å². The van der Waals surface area contributed by atoms with Gasteiger partial charge in [-0.3, -0.25) is 0 Å². The zero-order chi connectivity index (χ0) is 9.26. The van der Waals surface area contributed by atoms with Crippen LogP contribution in [0.1, 0.15) is 30.5 Å². The Balaban J connectivity index is 2.24. The van der Waals surface area contributed by atoms with E-state index < -0.39 is 0 Å². The Kier molecular flexibility index (Phi) is 2.36. The van der Waals surface area contributed by atoms with Crippen molar-refractivity contribution in [1.29, 1.82) is 0 Å². The number of hydrogen-bond acceptors (Lipinski definition) is 1. The van der Waals surface area contributed by atoms with Crippen LogP contribution in [-0.2, 0) is 0 Å². The van der Waals surface area contributed by atoms with Gasteiger partial charge in [-0.05, 0) is 31.4 Å². The van der Waals surface area contributed by atoms with E-state index in [2.05, 4.69) is 43.4 Å². The zero-order valence-electron chi connectivity index (χ0n) is 8.38. The van der Waals surface area contributed by atoms with Crippen molar-refractivity contribution in [3.05, 3.63) is 35.4 Å². The third-order valence-electron chi connectivity index (χ3n) is 2.93. The van der Waals surface area contributed by atoms with Crippen molar-refractivity contribution in [2.24, 2.45) is 5.92 Å². The molecule has 0 bridgehead atoms. The van der Waals surface area contributed by atoms with E-state index in [4.69, 9.17) is 0 Å². The van der Waals surface area contributed by atoms with Gasteiger partial charge in [-0.2, -0.15) is 0 Å². The lowest BCUT2D eigenvalue weighted by molar-refractivity contribution is 0.503. The highest BCUT2D eigenvalue weighted by atomic mass is 14.9. The molecule has 0 radical (unpaired) electrons. The molecule has 1 aromatic rings. The highest BCUT2D eigenvalue weighted by Gasteiger charge is 2.23. The predicted molar refractivity (Wildman–Crippen MR) is 55.7 cm³/mol. The average molecular weight is 175 g/mol. The molecule has 0 unspecified atom stereocenters. The van der Waals surface area contributed by atoms with Crippen molar-refractivity contribution >= 4 is 0 Å². The fourth-order valence-corrected chi connectivity index (χ4v) is 2.14. The molecule has 0 amide bonds. The first-order chi connectivity index (χ1) is 6.27. The van der Waals surface area contributed by atoms with Crippen molar-refractivity contribution in [3.8, 4) is 0 Å². The van der Waals surface area contributed by atoms with Crippen LogP contribution in [0.4, 0.5) is 0 Å². The molecule has 1 fully saturated rings. The fraction of sp³-hybridized carbons (Fsp3) is 0.500. The highest BCUT2D eigenvalue weighted by Crippen LogP contribution is 2.28. The van der Waals surface area contributed by atoms with E-state index in [0.29, 0.717) is 6.04 Å². The molecule has 1 heteroatoms. The third-order valence-corrected chi connectivity index (χ3v) is 2.93. The van der Waals surface area contributed by atoms with Crippen LogP contribution in [0.15, 0.2) is 24.3 Å². The summed E-state index contributed by atoms with van der Waals surface area (Å²) in [5, 5.41) is 3.55.